The second-order valence-electron chi connectivity index (χ2n) is 6.31. The summed E-state index contributed by atoms with van der Waals surface area (Å²) >= 11 is 0. The summed E-state index contributed by atoms with van der Waals surface area (Å²) in [6.45, 7) is 1.77. The van der Waals surface area contributed by atoms with Crippen LogP contribution in [0.15, 0.2) is 59.1 Å². The Morgan fingerprint density at radius 1 is 1.08 bits per heavy atom. The van der Waals surface area contributed by atoms with Gasteiger partial charge < -0.3 is 9.42 Å². The number of likely N-dealkylation sites (tertiary alicyclic amines) is 1. The molecule has 1 aliphatic heterocycles. The van der Waals surface area contributed by atoms with Gasteiger partial charge in [-0.2, -0.15) is 4.98 Å². The fourth-order valence-corrected chi connectivity index (χ4v) is 3.17. The molecule has 0 aliphatic carbocycles. The van der Waals surface area contributed by atoms with Crippen LogP contribution in [0.4, 0.5) is 0 Å². The summed E-state index contributed by atoms with van der Waals surface area (Å²) in [7, 11) is 0. The van der Waals surface area contributed by atoms with E-state index in [2.05, 4.69) is 10.1 Å². The second-order valence-corrected chi connectivity index (χ2v) is 6.31. The van der Waals surface area contributed by atoms with Gasteiger partial charge in [-0.1, -0.05) is 47.6 Å². The van der Waals surface area contributed by atoms with Crippen LogP contribution in [0.5, 0.6) is 0 Å². The highest BCUT2D eigenvalue weighted by molar-refractivity contribution is 5.99. The average molecular weight is 347 g/mol. The Kier molecular flexibility index (Phi) is 4.08. The number of aromatic nitrogens is 2. The van der Waals surface area contributed by atoms with Crippen LogP contribution in [0.1, 0.15) is 34.5 Å². The van der Waals surface area contributed by atoms with Gasteiger partial charge in [-0.25, -0.2) is 0 Å². The third kappa shape index (κ3) is 3.01. The molecule has 26 heavy (non-hydrogen) atoms. The Morgan fingerprint density at radius 3 is 2.42 bits per heavy atom. The van der Waals surface area contributed by atoms with E-state index in [0.717, 1.165) is 11.1 Å². The molecule has 1 saturated heterocycles. The number of nitrogens with zero attached hydrogens (tertiary/aromatic N) is 3. The highest BCUT2D eigenvalue weighted by Crippen LogP contribution is 2.31. The third-order valence-corrected chi connectivity index (χ3v) is 4.47. The lowest BCUT2D eigenvalue weighted by Gasteiger charge is -2.21. The third-order valence-electron chi connectivity index (χ3n) is 4.47. The minimum absolute atomic E-state index is 0.0138. The molecule has 6 heteroatoms. The molecule has 0 N–H and O–H groups in total. The van der Waals surface area contributed by atoms with Crippen molar-refractivity contribution in [3.05, 3.63) is 71.9 Å². The zero-order valence-electron chi connectivity index (χ0n) is 14.3. The van der Waals surface area contributed by atoms with Crippen LogP contribution in [-0.4, -0.2) is 33.3 Å². The maximum absolute atomic E-state index is 12.9. The molecule has 0 bridgehead atoms. The van der Waals surface area contributed by atoms with E-state index in [9.17, 15) is 9.59 Å². The molecule has 0 radical (unpaired) electrons. The fraction of sp³-hybridized carbons (Fsp3) is 0.200. The van der Waals surface area contributed by atoms with Gasteiger partial charge in [-0.05, 0) is 30.2 Å². The highest BCUT2D eigenvalue weighted by Gasteiger charge is 2.38. The Hall–Kier alpha value is -3.28. The lowest BCUT2D eigenvalue weighted by Crippen LogP contribution is -2.31. The predicted octanol–water partition coefficient (Wildman–Crippen LogP) is 3.20. The van der Waals surface area contributed by atoms with E-state index < -0.39 is 6.04 Å². The summed E-state index contributed by atoms with van der Waals surface area (Å²) in [4.78, 5) is 30.5. The summed E-state index contributed by atoms with van der Waals surface area (Å²) in [6.07, 6.45) is 0.204. The molecular formula is C20H17N3O3. The maximum atomic E-state index is 12.9. The van der Waals surface area contributed by atoms with Crippen molar-refractivity contribution in [1.82, 2.24) is 15.0 Å². The number of carbonyl (C=O) groups is 2. The van der Waals surface area contributed by atoms with Gasteiger partial charge in [-0.15, -0.1) is 0 Å². The molecule has 1 amide bonds. The molecule has 0 spiro atoms. The van der Waals surface area contributed by atoms with Crippen LogP contribution < -0.4 is 0 Å². The van der Waals surface area contributed by atoms with E-state index in [4.69, 9.17) is 4.52 Å². The van der Waals surface area contributed by atoms with Gasteiger partial charge in [-0.3, -0.25) is 9.59 Å². The first-order valence-corrected chi connectivity index (χ1v) is 8.40. The number of aryl methyl sites for hydroxylation is 1. The van der Waals surface area contributed by atoms with Gasteiger partial charge in [0.25, 0.3) is 5.91 Å². The second kappa shape index (κ2) is 6.55. The first-order chi connectivity index (χ1) is 12.6. The summed E-state index contributed by atoms with van der Waals surface area (Å²) in [6, 6.07) is 16.8. The molecule has 0 saturated carbocycles. The zero-order valence-corrected chi connectivity index (χ0v) is 14.3. The maximum Gasteiger partial charge on any atom is 0.254 e. The van der Waals surface area contributed by atoms with E-state index in [0.29, 0.717) is 17.3 Å². The molecule has 1 aliphatic rings. The van der Waals surface area contributed by atoms with Gasteiger partial charge in [0, 0.05) is 12.0 Å². The fourth-order valence-electron chi connectivity index (χ4n) is 3.17. The topological polar surface area (TPSA) is 76.3 Å². The molecule has 1 atom stereocenters. The number of carbonyl (C=O) groups excluding carboxylic acids is 2. The zero-order chi connectivity index (χ0) is 18.1. The highest BCUT2D eigenvalue weighted by atomic mass is 16.5. The SMILES string of the molecule is Cc1noc([C@@H]2CC(=O)CN2C(=O)c2ccc(-c3ccccc3)cc2)n1. The van der Waals surface area contributed by atoms with Gasteiger partial charge in [0.2, 0.25) is 5.89 Å². The van der Waals surface area contributed by atoms with E-state index in [-0.39, 0.29) is 24.7 Å². The number of rotatable bonds is 3. The van der Waals surface area contributed by atoms with Crippen molar-refractivity contribution in [1.29, 1.82) is 0 Å². The first kappa shape index (κ1) is 16.2. The lowest BCUT2D eigenvalue weighted by atomic mass is 10.0. The first-order valence-electron chi connectivity index (χ1n) is 8.40. The largest absolute Gasteiger partial charge is 0.337 e. The number of benzene rings is 2. The molecule has 2 heterocycles. The summed E-state index contributed by atoms with van der Waals surface area (Å²) in [5.74, 6) is 0.568. The van der Waals surface area contributed by atoms with E-state index >= 15 is 0 Å². The smallest absolute Gasteiger partial charge is 0.254 e. The predicted molar refractivity (Wildman–Crippen MR) is 94.3 cm³/mol. The Morgan fingerprint density at radius 2 is 1.77 bits per heavy atom. The number of amides is 1. The van der Waals surface area contributed by atoms with E-state index in [1.807, 2.05) is 42.5 Å². The Labute approximate surface area is 150 Å². The van der Waals surface area contributed by atoms with Crippen LogP contribution in [0, 0.1) is 6.92 Å². The minimum atomic E-state index is -0.495. The van der Waals surface area contributed by atoms with Crippen LogP contribution in [0.3, 0.4) is 0 Å². The van der Waals surface area contributed by atoms with Crippen LogP contribution in [0.25, 0.3) is 11.1 Å². The molecule has 4 rings (SSSR count). The lowest BCUT2D eigenvalue weighted by molar-refractivity contribution is -0.116. The normalized spacial score (nSPS) is 16.9. The van der Waals surface area contributed by atoms with Crippen molar-refractivity contribution in [2.75, 3.05) is 6.54 Å². The molecule has 6 nitrogen and oxygen atoms in total. The van der Waals surface area contributed by atoms with Crippen molar-refractivity contribution >= 4 is 11.7 Å². The minimum Gasteiger partial charge on any atom is -0.337 e. The molecular weight excluding hydrogens is 330 g/mol. The summed E-state index contributed by atoms with van der Waals surface area (Å²) < 4.78 is 5.18. The Balaban J connectivity index is 1.59. The molecule has 130 valence electrons. The van der Waals surface area contributed by atoms with Crippen LogP contribution in [-0.2, 0) is 4.79 Å². The number of ketones is 1. The van der Waals surface area contributed by atoms with Gasteiger partial charge in [0.15, 0.2) is 11.6 Å². The molecule has 0 unspecified atom stereocenters. The number of hydrogen-bond donors (Lipinski definition) is 0. The van der Waals surface area contributed by atoms with Crippen molar-refractivity contribution in [2.24, 2.45) is 0 Å². The van der Waals surface area contributed by atoms with Crippen molar-refractivity contribution in [3.8, 4) is 11.1 Å². The number of Topliss-reactive ketones (excluding diaryl/α,β-unsaturated/α-hetero) is 1. The monoisotopic (exact) mass is 347 g/mol. The average Bonchev–Trinajstić information content (AvgIpc) is 3.27. The summed E-state index contributed by atoms with van der Waals surface area (Å²) in [5.41, 5.74) is 2.64. The molecule has 1 aromatic heterocycles. The number of hydrogen-bond acceptors (Lipinski definition) is 5. The quantitative estimate of drug-likeness (QED) is 0.727. The van der Waals surface area contributed by atoms with Crippen LogP contribution >= 0.6 is 0 Å². The van der Waals surface area contributed by atoms with Crippen molar-refractivity contribution in [3.63, 3.8) is 0 Å². The molecule has 1 fully saturated rings. The van der Waals surface area contributed by atoms with Crippen molar-refractivity contribution < 1.29 is 14.1 Å². The van der Waals surface area contributed by atoms with Gasteiger partial charge in [0.05, 0.1) is 6.54 Å². The van der Waals surface area contributed by atoms with Gasteiger partial charge in [0.1, 0.15) is 6.04 Å². The van der Waals surface area contributed by atoms with Crippen LogP contribution in [0.2, 0.25) is 0 Å². The van der Waals surface area contributed by atoms with E-state index in [1.54, 1.807) is 19.1 Å². The standard InChI is InChI=1S/C20H17N3O3/c1-13-21-19(26-22-13)18-11-17(24)12-23(18)20(25)16-9-7-15(8-10-16)14-5-3-2-4-6-14/h2-10,18H,11-12H2,1H3/t18-/m0/s1. The molecule has 2 aromatic carbocycles. The van der Waals surface area contributed by atoms with Gasteiger partial charge >= 0.3 is 0 Å². The van der Waals surface area contributed by atoms with Crippen molar-refractivity contribution in [2.45, 2.75) is 19.4 Å². The van der Waals surface area contributed by atoms with E-state index in [1.165, 1.54) is 4.90 Å². The Bertz CT molecular complexity index is 948. The molecule has 3 aromatic rings. The summed E-state index contributed by atoms with van der Waals surface area (Å²) in [5, 5.41) is 3.76.